The lowest BCUT2D eigenvalue weighted by atomic mass is 10.1. The predicted octanol–water partition coefficient (Wildman–Crippen LogP) is 2.86. The van der Waals surface area contributed by atoms with Crippen LogP contribution < -0.4 is 10.2 Å². The van der Waals surface area contributed by atoms with Crippen LogP contribution in [0.5, 0.6) is 0 Å². The monoisotopic (exact) mass is 399 g/mol. The number of anilines is 2. The van der Waals surface area contributed by atoms with Crippen molar-refractivity contribution in [2.24, 2.45) is 0 Å². The molecule has 7 heteroatoms. The van der Waals surface area contributed by atoms with Gasteiger partial charge in [0.05, 0.1) is 11.4 Å². The summed E-state index contributed by atoms with van der Waals surface area (Å²) in [7, 11) is -3.50. The van der Waals surface area contributed by atoms with Crippen LogP contribution in [0.2, 0.25) is 0 Å². The third-order valence-corrected chi connectivity index (χ3v) is 7.38. The summed E-state index contributed by atoms with van der Waals surface area (Å²) in [5, 5.41) is 2.86. The highest BCUT2D eigenvalue weighted by Crippen LogP contribution is 2.31. The topological polar surface area (TPSA) is 69.7 Å². The molecule has 0 spiro atoms. The Morgan fingerprint density at radius 1 is 1.11 bits per heavy atom. The first-order valence-electron chi connectivity index (χ1n) is 9.70. The van der Waals surface area contributed by atoms with Crippen LogP contribution in [0.3, 0.4) is 0 Å². The third-order valence-electron chi connectivity index (χ3n) is 5.48. The summed E-state index contributed by atoms with van der Waals surface area (Å²) in [6.45, 7) is 3.47. The number of carbonyl (C=O) groups excluding carboxylic acids is 1. The van der Waals surface area contributed by atoms with Crippen LogP contribution in [-0.2, 0) is 21.2 Å². The molecule has 148 valence electrons. The first-order chi connectivity index (χ1) is 13.4. The van der Waals surface area contributed by atoms with Gasteiger partial charge >= 0.3 is 0 Å². The molecule has 1 atom stereocenters. The van der Waals surface area contributed by atoms with E-state index in [2.05, 4.69) is 23.2 Å². The van der Waals surface area contributed by atoms with Crippen LogP contribution in [0.25, 0.3) is 0 Å². The number of para-hydroxylation sites is 1. The minimum absolute atomic E-state index is 0.153. The van der Waals surface area contributed by atoms with E-state index in [1.54, 1.807) is 24.3 Å². The van der Waals surface area contributed by atoms with E-state index >= 15 is 0 Å². The van der Waals surface area contributed by atoms with Crippen molar-refractivity contribution in [3.63, 3.8) is 0 Å². The van der Waals surface area contributed by atoms with E-state index in [0.717, 1.165) is 24.9 Å². The summed E-state index contributed by atoms with van der Waals surface area (Å²) in [5.41, 5.74) is 2.85. The highest BCUT2D eigenvalue weighted by molar-refractivity contribution is 7.89. The van der Waals surface area contributed by atoms with Gasteiger partial charge in [-0.25, -0.2) is 8.42 Å². The van der Waals surface area contributed by atoms with Crippen LogP contribution in [0, 0.1) is 0 Å². The fourth-order valence-corrected chi connectivity index (χ4v) is 5.60. The standard InChI is InChI=1S/C21H25N3O3S/c1-16-13-17-7-2-3-10-20(17)24(16)15-21(25)22-18-8-6-9-19(14-18)28(26,27)23-11-4-5-12-23/h2-3,6-10,14,16H,4-5,11-13,15H2,1H3,(H,22,25)/t16-/m0/s1. The molecule has 0 radical (unpaired) electrons. The highest BCUT2D eigenvalue weighted by Gasteiger charge is 2.28. The maximum Gasteiger partial charge on any atom is 0.243 e. The molecule has 2 aromatic carbocycles. The second kappa shape index (κ2) is 7.56. The molecule has 2 aliphatic rings. The Morgan fingerprint density at radius 3 is 2.64 bits per heavy atom. The van der Waals surface area contributed by atoms with Gasteiger partial charge in [0.15, 0.2) is 0 Å². The second-order valence-electron chi connectivity index (χ2n) is 7.50. The lowest BCUT2D eigenvalue weighted by Crippen LogP contribution is -2.37. The largest absolute Gasteiger partial charge is 0.359 e. The molecule has 1 fully saturated rings. The Kier molecular flexibility index (Phi) is 5.12. The van der Waals surface area contributed by atoms with Crippen LogP contribution in [0.4, 0.5) is 11.4 Å². The minimum Gasteiger partial charge on any atom is -0.359 e. The average molecular weight is 400 g/mol. The molecule has 2 aliphatic heterocycles. The Balaban J connectivity index is 1.47. The molecule has 0 unspecified atom stereocenters. The van der Waals surface area contributed by atoms with E-state index in [4.69, 9.17) is 0 Å². The molecule has 4 rings (SSSR count). The first kappa shape index (κ1) is 19.0. The third kappa shape index (κ3) is 3.64. The molecular weight excluding hydrogens is 374 g/mol. The number of nitrogens with one attached hydrogen (secondary N) is 1. The predicted molar refractivity (Wildman–Crippen MR) is 110 cm³/mol. The van der Waals surface area contributed by atoms with Crippen molar-refractivity contribution in [1.82, 2.24) is 4.31 Å². The highest BCUT2D eigenvalue weighted by atomic mass is 32.2. The average Bonchev–Trinajstić information content (AvgIpc) is 3.31. The van der Waals surface area contributed by atoms with Crippen molar-refractivity contribution in [3.05, 3.63) is 54.1 Å². The number of rotatable bonds is 5. The smallest absolute Gasteiger partial charge is 0.243 e. The fraction of sp³-hybridized carbons (Fsp3) is 0.381. The lowest BCUT2D eigenvalue weighted by molar-refractivity contribution is -0.115. The van der Waals surface area contributed by atoms with Gasteiger partial charge in [-0.2, -0.15) is 4.31 Å². The molecule has 1 saturated heterocycles. The Labute approximate surface area is 166 Å². The number of hydrogen-bond donors (Lipinski definition) is 1. The quantitative estimate of drug-likeness (QED) is 0.839. The summed E-state index contributed by atoms with van der Waals surface area (Å²) < 4.78 is 27.0. The molecule has 28 heavy (non-hydrogen) atoms. The van der Waals surface area contributed by atoms with Crippen LogP contribution >= 0.6 is 0 Å². The molecular formula is C21H25N3O3S. The lowest BCUT2D eigenvalue weighted by Gasteiger charge is -2.24. The molecule has 0 aliphatic carbocycles. The molecule has 0 bridgehead atoms. The number of amides is 1. The van der Waals surface area contributed by atoms with Gasteiger partial charge in [-0.1, -0.05) is 24.3 Å². The van der Waals surface area contributed by atoms with Crippen molar-refractivity contribution in [2.75, 3.05) is 29.9 Å². The van der Waals surface area contributed by atoms with Crippen molar-refractivity contribution in [3.8, 4) is 0 Å². The van der Waals surface area contributed by atoms with Gasteiger partial charge in [0.1, 0.15) is 0 Å². The molecule has 2 aromatic rings. The first-order valence-corrected chi connectivity index (χ1v) is 11.1. The van der Waals surface area contributed by atoms with E-state index < -0.39 is 10.0 Å². The minimum atomic E-state index is -3.50. The summed E-state index contributed by atoms with van der Waals surface area (Å²) in [6, 6.07) is 14.9. The number of fused-ring (bicyclic) bond motifs is 1. The normalized spacial score (nSPS) is 19.6. The van der Waals surface area contributed by atoms with Crippen molar-refractivity contribution >= 4 is 27.3 Å². The molecule has 0 aromatic heterocycles. The van der Waals surface area contributed by atoms with Gasteiger partial charge in [0.2, 0.25) is 15.9 Å². The van der Waals surface area contributed by atoms with Gasteiger partial charge in [-0.15, -0.1) is 0 Å². The zero-order chi connectivity index (χ0) is 19.7. The van der Waals surface area contributed by atoms with Gasteiger partial charge in [-0.3, -0.25) is 4.79 Å². The van der Waals surface area contributed by atoms with Gasteiger partial charge < -0.3 is 10.2 Å². The van der Waals surface area contributed by atoms with Crippen molar-refractivity contribution in [2.45, 2.75) is 37.1 Å². The van der Waals surface area contributed by atoms with Gasteiger partial charge in [0, 0.05) is 30.5 Å². The zero-order valence-electron chi connectivity index (χ0n) is 16.0. The van der Waals surface area contributed by atoms with Gasteiger partial charge in [0.25, 0.3) is 0 Å². The van der Waals surface area contributed by atoms with Gasteiger partial charge in [-0.05, 0) is 56.0 Å². The maximum absolute atomic E-state index is 12.7. The number of sulfonamides is 1. The molecule has 1 N–H and O–H groups in total. The van der Waals surface area contributed by atoms with Crippen molar-refractivity contribution in [1.29, 1.82) is 0 Å². The van der Waals surface area contributed by atoms with Crippen molar-refractivity contribution < 1.29 is 13.2 Å². The van der Waals surface area contributed by atoms with Crippen LogP contribution in [-0.4, -0.2) is 44.3 Å². The number of nitrogens with zero attached hydrogens (tertiary/aromatic N) is 2. The SMILES string of the molecule is C[C@H]1Cc2ccccc2N1CC(=O)Nc1cccc(S(=O)(=O)N2CCCC2)c1. The number of carbonyl (C=O) groups is 1. The van der Waals surface area contributed by atoms with E-state index in [0.29, 0.717) is 18.8 Å². The number of benzene rings is 2. The summed E-state index contributed by atoms with van der Waals surface area (Å²) >= 11 is 0. The maximum atomic E-state index is 12.7. The summed E-state index contributed by atoms with van der Waals surface area (Å²) in [5.74, 6) is -0.153. The van der Waals surface area contributed by atoms with Crippen LogP contribution in [0.1, 0.15) is 25.3 Å². The molecule has 6 nitrogen and oxygen atoms in total. The summed E-state index contributed by atoms with van der Waals surface area (Å²) in [6.07, 6.45) is 2.71. The molecule has 1 amide bonds. The van der Waals surface area contributed by atoms with Crippen LogP contribution in [0.15, 0.2) is 53.4 Å². The zero-order valence-corrected chi connectivity index (χ0v) is 16.8. The van der Waals surface area contributed by atoms with E-state index in [9.17, 15) is 13.2 Å². The van der Waals surface area contributed by atoms with E-state index in [1.165, 1.54) is 9.87 Å². The Hall–Kier alpha value is -2.38. The second-order valence-corrected chi connectivity index (χ2v) is 9.43. The molecule has 0 saturated carbocycles. The van der Waals surface area contributed by atoms with E-state index in [1.807, 2.05) is 18.2 Å². The number of hydrogen-bond acceptors (Lipinski definition) is 4. The summed E-state index contributed by atoms with van der Waals surface area (Å²) in [4.78, 5) is 14.9. The van der Waals surface area contributed by atoms with E-state index in [-0.39, 0.29) is 23.4 Å². The Morgan fingerprint density at radius 2 is 1.86 bits per heavy atom. The fourth-order valence-electron chi connectivity index (χ4n) is 4.04. The molecule has 2 heterocycles. The Bertz CT molecular complexity index is 984.